The van der Waals surface area contributed by atoms with Crippen LogP contribution in [0.25, 0.3) is 54.2 Å². The van der Waals surface area contributed by atoms with E-state index < -0.39 is 12.3 Å². The van der Waals surface area contributed by atoms with Crippen molar-refractivity contribution in [2.24, 2.45) is 0 Å². The summed E-state index contributed by atoms with van der Waals surface area (Å²) in [6, 6.07) is 26.8. The molecule has 0 unspecified atom stereocenters. The normalized spacial score (nSPS) is 11.4. The van der Waals surface area contributed by atoms with E-state index in [2.05, 4.69) is 13.8 Å². The minimum atomic E-state index is -0.742. The molecule has 294 valence electrons. The zero-order valence-electron chi connectivity index (χ0n) is 32.6. The molecule has 0 atom stereocenters. The third-order valence-corrected chi connectivity index (χ3v) is 10.9. The lowest BCUT2D eigenvalue weighted by molar-refractivity contribution is 0.0972. The Morgan fingerprint density at radius 1 is 0.429 bits per heavy atom. The molecule has 0 N–H and O–H groups in total. The average Bonchev–Trinajstić information content (AvgIpc) is 3.20. The summed E-state index contributed by atoms with van der Waals surface area (Å²) >= 11 is 13.5. The van der Waals surface area contributed by atoms with E-state index in [1.807, 2.05) is 72.8 Å². The molecule has 6 nitrogen and oxygen atoms in total. The van der Waals surface area contributed by atoms with E-state index in [-0.39, 0.29) is 0 Å². The molecule has 0 aromatic heterocycles. The van der Waals surface area contributed by atoms with Crippen LogP contribution in [0.3, 0.4) is 0 Å². The first-order valence-electron chi connectivity index (χ1n) is 20.4. The Hall–Kier alpha value is -4.52. The summed E-state index contributed by atoms with van der Waals surface area (Å²) in [4.78, 5) is 26.4. The zero-order chi connectivity index (χ0) is 39.3. The Kier molecular flexibility index (Phi) is 15.1. The van der Waals surface area contributed by atoms with Crippen molar-refractivity contribution in [1.29, 1.82) is 0 Å². The molecule has 0 saturated heterocycles. The van der Waals surface area contributed by atoms with Crippen LogP contribution in [0, 0.1) is 0 Å². The van der Waals surface area contributed by atoms with Gasteiger partial charge in [-0.15, -0.1) is 0 Å². The van der Waals surface area contributed by atoms with Crippen molar-refractivity contribution < 1.29 is 28.5 Å². The molecule has 0 fully saturated rings. The van der Waals surface area contributed by atoms with Crippen molar-refractivity contribution in [2.45, 2.75) is 104 Å². The first kappa shape index (κ1) is 41.1. The van der Waals surface area contributed by atoms with E-state index in [1.165, 1.54) is 51.4 Å². The number of hydrogen-bond donors (Lipinski definition) is 0. The fraction of sp³-hybridized carbons (Fsp3) is 0.375. The first-order valence-corrected chi connectivity index (χ1v) is 21.1. The Labute approximate surface area is 340 Å². The van der Waals surface area contributed by atoms with Crippen LogP contribution < -0.4 is 9.47 Å². The summed E-state index contributed by atoms with van der Waals surface area (Å²) in [7, 11) is 0. The number of fused-ring (bicyclic) bond motifs is 4. The zero-order valence-corrected chi connectivity index (χ0v) is 34.1. The molecule has 0 bridgehead atoms. The molecule has 6 aromatic carbocycles. The van der Waals surface area contributed by atoms with Gasteiger partial charge in [-0.1, -0.05) is 163 Å². The molecule has 0 radical (unpaired) electrons. The number of unbranched alkanes of at least 4 members (excludes halogenated alkanes) is 12. The van der Waals surface area contributed by atoms with E-state index in [4.69, 9.17) is 42.1 Å². The predicted molar refractivity (Wildman–Crippen MR) is 232 cm³/mol. The molecule has 0 amide bonds. The number of ether oxygens (including phenoxy) is 4. The third-order valence-electron chi connectivity index (χ3n) is 10.4. The summed E-state index contributed by atoms with van der Waals surface area (Å²) in [6.07, 6.45) is 14.2. The SMILES string of the molecule is CCCCCCCCCOC(=O)Oc1c2ccccc2c(-c2c3ccccc3c(OC(=O)OCCCCCCCCC)c3ccc(Cl)cc23)c2cc(Cl)ccc12. The standard InChI is InChI=1S/C48H52Cl2O6/c1-3-5-7-9-11-13-19-29-53-47(51)55-45-37-23-17-15-21-35(37)43(41-31-33(49)25-27-39(41)45)44-36-22-16-18-24-38(36)46(40-28-26-34(50)32-42(40)44)56-48(52)54-30-20-14-12-10-8-6-4-2/h15-18,21-28,31-32H,3-14,19-20,29-30H2,1-2H3. The molecule has 0 aliphatic rings. The smallest absolute Gasteiger partial charge is 0.434 e. The van der Waals surface area contributed by atoms with Crippen LogP contribution in [0.2, 0.25) is 10.0 Å². The van der Waals surface area contributed by atoms with Gasteiger partial charge in [0.15, 0.2) is 0 Å². The van der Waals surface area contributed by atoms with Crippen molar-refractivity contribution in [1.82, 2.24) is 0 Å². The van der Waals surface area contributed by atoms with Gasteiger partial charge in [0.05, 0.1) is 13.2 Å². The highest BCUT2D eigenvalue weighted by Gasteiger charge is 2.25. The summed E-state index contributed by atoms with van der Waals surface area (Å²) in [5.41, 5.74) is 1.75. The first-order chi connectivity index (χ1) is 27.4. The van der Waals surface area contributed by atoms with Crippen molar-refractivity contribution in [3.05, 3.63) is 95.0 Å². The van der Waals surface area contributed by atoms with Gasteiger partial charge in [-0.25, -0.2) is 9.59 Å². The maximum absolute atomic E-state index is 13.2. The number of hydrogen-bond acceptors (Lipinski definition) is 6. The van der Waals surface area contributed by atoms with E-state index in [0.29, 0.717) is 45.5 Å². The maximum atomic E-state index is 13.2. The summed E-state index contributed by atoms with van der Waals surface area (Å²) in [5, 5.41) is 7.15. The van der Waals surface area contributed by atoms with Crippen molar-refractivity contribution in [2.75, 3.05) is 13.2 Å². The van der Waals surface area contributed by atoms with Crippen LogP contribution in [0.5, 0.6) is 11.5 Å². The number of benzene rings is 6. The second-order valence-electron chi connectivity index (χ2n) is 14.5. The molecule has 0 spiro atoms. The van der Waals surface area contributed by atoms with Crippen LogP contribution >= 0.6 is 23.2 Å². The molecule has 6 aromatic rings. The van der Waals surface area contributed by atoms with E-state index >= 15 is 0 Å². The Balaban J connectivity index is 1.38. The predicted octanol–water partition coefficient (Wildman–Crippen LogP) is 15.8. The highest BCUT2D eigenvalue weighted by molar-refractivity contribution is 6.34. The van der Waals surface area contributed by atoms with Gasteiger partial charge in [0.2, 0.25) is 0 Å². The molecule has 0 aliphatic heterocycles. The number of carbonyl (C=O) groups is 2. The molecule has 56 heavy (non-hydrogen) atoms. The number of halogens is 2. The second-order valence-corrected chi connectivity index (χ2v) is 15.4. The maximum Gasteiger partial charge on any atom is 0.513 e. The molecule has 8 heteroatoms. The van der Waals surface area contributed by atoms with Gasteiger partial charge in [-0.3, -0.25) is 0 Å². The molecule has 0 aliphatic carbocycles. The summed E-state index contributed by atoms with van der Waals surface area (Å²) in [5.74, 6) is 0.798. The van der Waals surface area contributed by atoms with Crippen molar-refractivity contribution in [3.8, 4) is 22.6 Å². The van der Waals surface area contributed by atoms with Crippen LogP contribution in [0.15, 0.2) is 84.9 Å². The van der Waals surface area contributed by atoms with Gasteiger partial charge in [0.25, 0.3) is 0 Å². The van der Waals surface area contributed by atoms with Crippen LogP contribution in [0.4, 0.5) is 9.59 Å². The minimum absolute atomic E-state index is 0.298. The summed E-state index contributed by atoms with van der Waals surface area (Å²) < 4.78 is 23.3. The molecule has 0 heterocycles. The molecule has 6 rings (SSSR count). The fourth-order valence-corrected chi connectivity index (χ4v) is 7.98. The quantitative estimate of drug-likeness (QED) is 0.0352. The summed E-state index contributed by atoms with van der Waals surface area (Å²) in [6.45, 7) is 5.01. The molecular weight excluding hydrogens is 743 g/mol. The second kappa shape index (κ2) is 20.6. The minimum Gasteiger partial charge on any atom is -0.434 e. The lowest BCUT2D eigenvalue weighted by atomic mass is 9.85. The van der Waals surface area contributed by atoms with Crippen molar-refractivity contribution >= 4 is 78.6 Å². The lowest BCUT2D eigenvalue weighted by Gasteiger charge is -2.21. The van der Waals surface area contributed by atoms with Gasteiger partial charge in [0, 0.05) is 31.6 Å². The Morgan fingerprint density at radius 2 is 0.768 bits per heavy atom. The van der Waals surface area contributed by atoms with Gasteiger partial charge < -0.3 is 18.9 Å². The largest absolute Gasteiger partial charge is 0.513 e. The average molecular weight is 796 g/mol. The van der Waals surface area contributed by atoms with Gasteiger partial charge in [0.1, 0.15) is 11.5 Å². The van der Waals surface area contributed by atoms with Gasteiger partial charge >= 0.3 is 12.3 Å². The fourth-order valence-electron chi connectivity index (χ4n) is 7.63. The number of rotatable bonds is 19. The number of carbonyl (C=O) groups excluding carboxylic acids is 2. The van der Waals surface area contributed by atoms with Gasteiger partial charge in [-0.2, -0.15) is 0 Å². The molecular formula is C48H52Cl2O6. The highest BCUT2D eigenvalue weighted by atomic mass is 35.5. The third kappa shape index (κ3) is 10.1. The van der Waals surface area contributed by atoms with E-state index in [0.717, 1.165) is 82.0 Å². The Morgan fingerprint density at radius 3 is 1.16 bits per heavy atom. The Bertz CT molecular complexity index is 2120. The van der Waals surface area contributed by atoms with E-state index in [9.17, 15) is 9.59 Å². The monoisotopic (exact) mass is 794 g/mol. The topological polar surface area (TPSA) is 71.1 Å². The van der Waals surface area contributed by atoms with Crippen LogP contribution in [-0.2, 0) is 9.47 Å². The lowest BCUT2D eigenvalue weighted by Crippen LogP contribution is -2.12. The van der Waals surface area contributed by atoms with Crippen LogP contribution in [-0.4, -0.2) is 25.5 Å². The highest BCUT2D eigenvalue weighted by Crippen LogP contribution is 2.50. The van der Waals surface area contributed by atoms with Gasteiger partial charge in [-0.05, 0) is 81.9 Å². The molecule has 0 saturated carbocycles. The van der Waals surface area contributed by atoms with Crippen LogP contribution in [0.1, 0.15) is 104 Å². The van der Waals surface area contributed by atoms with E-state index in [1.54, 1.807) is 12.1 Å². The van der Waals surface area contributed by atoms with Crippen molar-refractivity contribution in [3.63, 3.8) is 0 Å².